The molecule has 0 radical (unpaired) electrons. The Morgan fingerprint density at radius 3 is 1.37 bits per heavy atom. The summed E-state index contributed by atoms with van der Waals surface area (Å²) in [5.41, 5.74) is 13.5. The third kappa shape index (κ3) is 6.33. The SMILES string of the molecule is CC(C)(C)c1ccc(C2=CC=C[CH]2[Hf]([Cl])([Cl])(=[C](c2ccccc2)c2ccccc2)[CH]2c3cc(C(C)(C)C)ccc3-c3ccc(C(C)(C)C)cc32)cc1. The number of halogens is 2. The van der Waals surface area contributed by atoms with Crippen LogP contribution >= 0.6 is 17.2 Å². The van der Waals surface area contributed by atoms with E-state index >= 15 is 0 Å². The number of allylic oxidation sites excluding steroid dienone is 4. The van der Waals surface area contributed by atoms with Crippen LogP contribution < -0.4 is 0 Å². The minimum absolute atomic E-state index is 0.0471. The second-order valence-corrected chi connectivity index (χ2v) is 47.4. The quantitative estimate of drug-likeness (QED) is 0.154. The fourth-order valence-corrected chi connectivity index (χ4v) is 38.2. The van der Waals surface area contributed by atoms with Gasteiger partial charge in [0.2, 0.25) is 0 Å². The normalized spacial score (nSPS) is 16.5. The molecule has 0 nitrogen and oxygen atoms in total. The van der Waals surface area contributed by atoms with Gasteiger partial charge in [-0.3, -0.25) is 0 Å². The van der Waals surface area contributed by atoms with Gasteiger partial charge in [0, 0.05) is 0 Å². The van der Waals surface area contributed by atoms with Crippen LogP contribution in [0.2, 0.25) is 3.67 Å². The van der Waals surface area contributed by atoms with Crippen molar-refractivity contribution in [2.75, 3.05) is 0 Å². The van der Waals surface area contributed by atoms with Gasteiger partial charge in [0.1, 0.15) is 0 Å². The van der Waals surface area contributed by atoms with E-state index in [0.29, 0.717) is 0 Å². The average Bonchev–Trinajstić information content (AvgIpc) is 3.73. The summed E-state index contributed by atoms with van der Waals surface area (Å²) in [6.45, 7) is 20.6. The molecule has 2 aliphatic rings. The molecule has 0 bridgehead atoms. The Bertz CT molecular complexity index is 2170. The van der Waals surface area contributed by atoms with E-state index in [4.69, 9.17) is 17.2 Å². The molecule has 0 aromatic heterocycles. The second kappa shape index (κ2) is 13.0. The predicted octanol–water partition coefficient (Wildman–Crippen LogP) is 14.4. The van der Waals surface area contributed by atoms with Crippen LogP contribution in [0.4, 0.5) is 0 Å². The van der Waals surface area contributed by atoms with Crippen molar-refractivity contribution in [3.8, 4) is 11.1 Å². The van der Waals surface area contributed by atoms with Gasteiger partial charge in [0.15, 0.2) is 0 Å². The van der Waals surface area contributed by atoms with E-state index < -0.39 is 15.7 Å². The van der Waals surface area contributed by atoms with Crippen molar-refractivity contribution in [3.63, 3.8) is 0 Å². The molecule has 0 fully saturated rings. The number of hydrogen-bond donors (Lipinski definition) is 0. The Balaban J connectivity index is 1.66. The summed E-state index contributed by atoms with van der Waals surface area (Å²) in [6.07, 6.45) is 6.83. The molecule has 5 aromatic rings. The molecule has 0 saturated heterocycles. The minimum atomic E-state index is -5.87. The van der Waals surface area contributed by atoms with Crippen molar-refractivity contribution in [2.45, 2.75) is 85.9 Å². The zero-order valence-corrected chi connectivity index (χ0v) is 37.3. The standard InChI is InChI=1S/C21H25.C15H17.C13H10.2ClH.Hf/c1-20(2,3)16-7-9-18-14(12-16)11-15-13-17(21(4,5)6)8-10-19(15)18;1-15(2,3)14-10-8-13(9-11-14)12-6-4-5-7-12;1-3-7-12(8-4-1)11-13-9-5-2-6-10-13;;;/h7-13H,1-6H3;4-11H,1-3H3;1-10H;2*1H;/q;;;;;+2/p-2. The van der Waals surface area contributed by atoms with E-state index in [-0.39, 0.29) is 23.6 Å². The molecule has 52 heavy (non-hydrogen) atoms. The first-order valence-corrected chi connectivity index (χ1v) is 33.6. The first kappa shape index (κ1) is 37.2. The fraction of sp³-hybridized carbons (Fsp3) is 0.286. The van der Waals surface area contributed by atoms with Gasteiger partial charge in [-0.05, 0) is 0 Å². The van der Waals surface area contributed by atoms with Gasteiger partial charge in [0.05, 0.1) is 0 Å². The number of rotatable bonds is 5. The molecule has 7 rings (SSSR count). The number of fused-ring (bicyclic) bond motifs is 3. The molecule has 0 heterocycles. The third-order valence-corrected chi connectivity index (χ3v) is 39.4. The van der Waals surface area contributed by atoms with Gasteiger partial charge in [-0.25, -0.2) is 0 Å². The Morgan fingerprint density at radius 1 is 0.519 bits per heavy atom. The van der Waals surface area contributed by atoms with Crippen LogP contribution in [0.3, 0.4) is 0 Å². The molecule has 2 aliphatic carbocycles. The van der Waals surface area contributed by atoms with Crippen LogP contribution in [0, 0.1) is 0 Å². The molecule has 1 unspecified atom stereocenters. The monoisotopic (exact) mass is 890 g/mol. The van der Waals surface area contributed by atoms with Crippen LogP contribution in [-0.4, -0.2) is 3.26 Å². The van der Waals surface area contributed by atoms with Gasteiger partial charge >= 0.3 is 323 Å². The van der Waals surface area contributed by atoms with Crippen molar-refractivity contribution < 1.29 is 15.7 Å². The molecule has 0 aliphatic heterocycles. The molecular weight excluding hydrogens is 838 g/mol. The second-order valence-electron chi connectivity index (χ2n) is 18.1. The van der Waals surface area contributed by atoms with Crippen LogP contribution in [0.1, 0.15) is 110 Å². The maximum absolute atomic E-state index is 9.14. The summed E-state index contributed by atoms with van der Waals surface area (Å²) < 4.78 is 0.744. The van der Waals surface area contributed by atoms with E-state index in [9.17, 15) is 0 Å². The van der Waals surface area contributed by atoms with Gasteiger partial charge in [0.25, 0.3) is 0 Å². The van der Waals surface area contributed by atoms with Crippen molar-refractivity contribution in [3.05, 3.63) is 184 Å². The summed E-state index contributed by atoms with van der Waals surface area (Å²) in [5.74, 6) is 0. The number of hydrogen-bond acceptors (Lipinski definition) is 0. The summed E-state index contributed by atoms with van der Waals surface area (Å²) in [6, 6.07) is 44.9. The van der Waals surface area contributed by atoms with Crippen LogP contribution in [0.5, 0.6) is 0 Å². The molecule has 1 atom stereocenters. The topological polar surface area (TPSA) is 0 Å². The van der Waals surface area contributed by atoms with Gasteiger partial charge in [-0.1, -0.05) is 0 Å². The van der Waals surface area contributed by atoms with Gasteiger partial charge in [-0.15, -0.1) is 0 Å². The van der Waals surface area contributed by atoms with Crippen molar-refractivity contribution in [1.29, 1.82) is 0 Å². The van der Waals surface area contributed by atoms with Gasteiger partial charge < -0.3 is 0 Å². The van der Waals surface area contributed by atoms with Crippen LogP contribution in [0.25, 0.3) is 16.7 Å². The van der Waals surface area contributed by atoms with E-state index in [0.717, 1.165) is 14.4 Å². The van der Waals surface area contributed by atoms with Crippen molar-refractivity contribution in [1.82, 2.24) is 0 Å². The zero-order valence-electron chi connectivity index (χ0n) is 32.2. The van der Waals surface area contributed by atoms with Crippen LogP contribution in [-0.2, 0) is 31.9 Å². The van der Waals surface area contributed by atoms with Gasteiger partial charge in [-0.2, -0.15) is 0 Å². The summed E-state index contributed by atoms with van der Waals surface area (Å²) in [4.78, 5) is 0. The Morgan fingerprint density at radius 2 is 0.942 bits per heavy atom. The Labute approximate surface area is 320 Å². The molecule has 0 amide bonds. The Hall–Kier alpha value is -3.10. The summed E-state index contributed by atoms with van der Waals surface area (Å²) >= 11 is -5.87. The van der Waals surface area contributed by atoms with Crippen molar-refractivity contribution in [2.24, 2.45) is 0 Å². The van der Waals surface area contributed by atoms with Crippen LogP contribution in [0.15, 0.2) is 140 Å². The number of benzene rings is 5. The first-order valence-electron chi connectivity index (χ1n) is 18.7. The molecule has 0 saturated carbocycles. The average molecular weight is 890 g/mol. The first-order chi connectivity index (χ1) is 24.4. The summed E-state index contributed by atoms with van der Waals surface area (Å²) in [5, 5.41) is 0. The predicted molar refractivity (Wildman–Crippen MR) is 225 cm³/mol. The molecule has 0 spiro atoms. The Kier molecular flexibility index (Phi) is 9.33. The maximum atomic E-state index is 9.14. The molecule has 266 valence electrons. The summed E-state index contributed by atoms with van der Waals surface area (Å²) in [7, 11) is 18.3. The fourth-order valence-electron chi connectivity index (χ4n) is 8.55. The molecule has 0 N–H and O–H groups in total. The molecule has 5 aromatic carbocycles. The van der Waals surface area contributed by atoms with E-state index in [1.165, 1.54) is 50.1 Å². The van der Waals surface area contributed by atoms with Crippen molar-refractivity contribution >= 4 is 26.0 Å². The zero-order chi connectivity index (χ0) is 37.3. The van der Waals surface area contributed by atoms with E-state index in [1.807, 2.05) is 0 Å². The van der Waals surface area contributed by atoms with E-state index in [2.05, 4.69) is 202 Å². The molecule has 3 heteroatoms. The molecular formula is C49H52Cl2Hf. The third-order valence-electron chi connectivity index (χ3n) is 11.4. The van der Waals surface area contributed by atoms with E-state index in [1.54, 1.807) is 0 Å².